The number of hydrogen-bond acceptors (Lipinski definition) is 4. The minimum Gasteiger partial charge on any atom is -0.507 e. The lowest BCUT2D eigenvalue weighted by molar-refractivity contribution is -0.140. The van der Waals surface area contributed by atoms with Crippen LogP contribution in [0.1, 0.15) is 42.5 Å². The van der Waals surface area contributed by atoms with Gasteiger partial charge in [-0.05, 0) is 37.8 Å². The average Bonchev–Trinajstić information content (AvgIpc) is 2.40. The molecule has 1 fully saturated rings. The third-order valence-corrected chi connectivity index (χ3v) is 3.52. The summed E-state index contributed by atoms with van der Waals surface area (Å²) in [5.74, 6) is -1.49. The molecule has 0 spiro atoms. The van der Waals surface area contributed by atoms with Gasteiger partial charge >= 0.3 is 5.97 Å². The molecule has 1 amide bonds. The molecule has 1 aromatic rings. The summed E-state index contributed by atoms with van der Waals surface area (Å²) >= 11 is 0. The second-order valence-electron chi connectivity index (χ2n) is 4.83. The molecule has 1 aliphatic rings. The summed E-state index contributed by atoms with van der Waals surface area (Å²) in [7, 11) is 0. The lowest BCUT2D eigenvalue weighted by Crippen LogP contribution is -2.49. The normalized spacial score (nSPS) is 17.7. The van der Waals surface area contributed by atoms with Crippen molar-refractivity contribution in [3.8, 4) is 5.75 Å². The maximum Gasteiger partial charge on any atom is 0.342 e. The first kappa shape index (κ1) is 13.4. The van der Waals surface area contributed by atoms with Crippen LogP contribution < -0.4 is 5.73 Å². The summed E-state index contributed by atoms with van der Waals surface area (Å²) in [5.41, 5.74) is 4.21. The minimum absolute atomic E-state index is 0.0497. The Kier molecular flexibility index (Phi) is 3.74. The first-order valence-electron chi connectivity index (χ1n) is 6.36. The van der Waals surface area contributed by atoms with Crippen molar-refractivity contribution in [2.75, 3.05) is 0 Å². The number of phenols is 1. The van der Waals surface area contributed by atoms with Crippen LogP contribution in [0, 0.1) is 0 Å². The highest BCUT2D eigenvalue weighted by Crippen LogP contribution is 2.33. The number of carbonyl (C=O) groups excluding carboxylic acids is 2. The van der Waals surface area contributed by atoms with Gasteiger partial charge in [-0.2, -0.15) is 0 Å². The van der Waals surface area contributed by atoms with Crippen LogP contribution in [0.2, 0.25) is 0 Å². The van der Waals surface area contributed by atoms with Crippen LogP contribution in [0.25, 0.3) is 0 Å². The third kappa shape index (κ3) is 2.70. The van der Waals surface area contributed by atoms with Crippen LogP contribution in [0.5, 0.6) is 5.75 Å². The van der Waals surface area contributed by atoms with Gasteiger partial charge < -0.3 is 15.6 Å². The topological polar surface area (TPSA) is 89.6 Å². The molecule has 0 unspecified atom stereocenters. The van der Waals surface area contributed by atoms with Crippen molar-refractivity contribution in [3.05, 3.63) is 29.8 Å². The molecule has 0 radical (unpaired) electrons. The molecular formula is C14H17NO4. The second kappa shape index (κ2) is 5.30. The molecule has 2 rings (SSSR count). The van der Waals surface area contributed by atoms with Gasteiger partial charge in [0.05, 0.1) is 0 Å². The summed E-state index contributed by atoms with van der Waals surface area (Å²) in [6, 6.07) is 6.08. The van der Waals surface area contributed by atoms with E-state index in [1.54, 1.807) is 12.1 Å². The summed E-state index contributed by atoms with van der Waals surface area (Å²) in [6.07, 6.45) is 3.50. The zero-order chi connectivity index (χ0) is 13.9. The van der Waals surface area contributed by atoms with E-state index in [1.807, 2.05) is 0 Å². The Balaban J connectivity index is 2.20. The van der Waals surface area contributed by atoms with E-state index < -0.39 is 17.5 Å². The maximum absolute atomic E-state index is 12.1. The number of para-hydroxylation sites is 1. The molecule has 0 heterocycles. The maximum atomic E-state index is 12.1. The van der Waals surface area contributed by atoms with E-state index in [4.69, 9.17) is 10.5 Å². The van der Waals surface area contributed by atoms with Gasteiger partial charge in [-0.15, -0.1) is 0 Å². The van der Waals surface area contributed by atoms with Crippen LogP contribution in [0.15, 0.2) is 24.3 Å². The van der Waals surface area contributed by atoms with E-state index in [2.05, 4.69) is 0 Å². The highest BCUT2D eigenvalue weighted by atomic mass is 16.6. The molecule has 102 valence electrons. The molecule has 19 heavy (non-hydrogen) atoms. The van der Waals surface area contributed by atoms with Gasteiger partial charge in [0.2, 0.25) is 0 Å². The van der Waals surface area contributed by atoms with Crippen LogP contribution >= 0.6 is 0 Å². The highest BCUT2D eigenvalue weighted by molar-refractivity contribution is 5.95. The number of aromatic hydroxyl groups is 1. The Labute approximate surface area is 111 Å². The summed E-state index contributed by atoms with van der Waals surface area (Å²) in [6.45, 7) is 0. The minimum atomic E-state index is -1.22. The predicted molar refractivity (Wildman–Crippen MR) is 68.5 cm³/mol. The highest BCUT2D eigenvalue weighted by Gasteiger charge is 2.42. The summed E-state index contributed by atoms with van der Waals surface area (Å²) in [5, 5.41) is 9.62. The van der Waals surface area contributed by atoms with Crippen molar-refractivity contribution in [1.82, 2.24) is 0 Å². The predicted octanol–water partition coefficient (Wildman–Crippen LogP) is 1.74. The summed E-state index contributed by atoms with van der Waals surface area (Å²) < 4.78 is 5.33. The fourth-order valence-corrected chi connectivity index (χ4v) is 2.40. The zero-order valence-electron chi connectivity index (χ0n) is 10.6. The fraction of sp³-hybridized carbons (Fsp3) is 0.429. The van der Waals surface area contributed by atoms with Crippen LogP contribution in [0.3, 0.4) is 0 Å². The quantitative estimate of drug-likeness (QED) is 0.813. The number of ether oxygens (including phenoxy) is 1. The molecule has 0 aliphatic heterocycles. The first-order valence-corrected chi connectivity index (χ1v) is 6.36. The molecule has 0 saturated heterocycles. The fourth-order valence-electron chi connectivity index (χ4n) is 2.40. The number of nitrogens with two attached hydrogens (primary N) is 1. The number of carbonyl (C=O) groups is 2. The molecule has 3 N–H and O–H groups in total. The number of phenolic OH excluding ortho intramolecular Hbond substituents is 1. The Hall–Kier alpha value is -2.04. The number of amides is 1. The molecule has 1 aromatic carbocycles. The standard InChI is InChI=1S/C14H17NO4/c15-13(18)14(8-4-1-5-9-14)19-12(17)10-6-2-3-7-11(10)16/h2-3,6-7,16H,1,4-5,8-9H2,(H2,15,18). The van der Waals surface area contributed by atoms with Crippen LogP contribution in [-0.2, 0) is 9.53 Å². The van der Waals surface area contributed by atoms with Gasteiger partial charge in [0.25, 0.3) is 5.91 Å². The molecule has 0 aromatic heterocycles. The number of benzene rings is 1. The van der Waals surface area contributed by atoms with Crippen LogP contribution in [-0.4, -0.2) is 22.6 Å². The van der Waals surface area contributed by atoms with Crippen molar-refractivity contribution >= 4 is 11.9 Å². The van der Waals surface area contributed by atoms with Crippen molar-refractivity contribution < 1.29 is 19.4 Å². The Bertz CT molecular complexity index is 492. The molecule has 1 saturated carbocycles. The number of rotatable bonds is 3. The third-order valence-electron chi connectivity index (χ3n) is 3.52. The van der Waals surface area contributed by atoms with Crippen molar-refractivity contribution in [2.24, 2.45) is 5.73 Å². The van der Waals surface area contributed by atoms with Crippen molar-refractivity contribution in [2.45, 2.75) is 37.7 Å². The summed E-state index contributed by atoms with van der Waals surface area (Å²) in [4.78, 5) is 23.7. The number of esters is 1. The van der Waals surface area contributed by atoms with Crippen molar-refractivity contribution in [3.63, 3.8) is 0 Å². The molecule has 0 bridgehead atoms. The molecular weight excluding hydrogens is 246 g/mol. The van der Waals surface area contributed by atoms with Gasteiger partial charge in [0.15, 0.2) is 5.60 Å². The SMILES string of the molecule is NC(=O)C1(OC(=O)c2ccccc2O)CCCCC1. The van der Waals surface area contributed by atoms with Crippen molar-refractivity contribution in [1.29, 1.82) is 0 Å². The van der Waals surface area contributed by atoms with E-state index in [0.29, 0.717) is 12.8 Å². The second-order valence-corrected chi connectivity index (χ2v) is 4.83. The largest absolute Gasteiger partial charge is 0.507 e. The molecule has 5 heteroatoms. The Morgan fingerprint density at radius 3 is 2.37 bits per heavy atom. The van der Waals surface area contributed by atoms with E-state index >= 15 is 0 Å². The Morgan fingerprint density at radius 1 is 1.16 bits per heavy atom. The molecule has 0 atom stereocenters. The number of primary amides is 1. The van der Waals surface area contributed by atoms with Crippen LogP contribution in [0.4, 0.5) is 0 Å². The Morgan fingerprint density at radius 2 is 1.79 bits per heavy atom. The van der Waals surface area contributed by atoms with E-state index in [-0.39, 0.29) is 11.3 Å². The van der Waals surface area contributed by atoms with E-state index in [1.165, 1.54) is 12.1 Å². The molecule has 5 nitrogen and oxygen atoms in total. The molecule has 1 aliphatic carbocycles. The lowest BCUT2D eigenvalue weighted by Gasteiger charge is -2.33. The first-order chi connectivity index (χ1) is 9.05. The van der Waals surface area contributed by atoms with Gasteiger partial charge in [-0.1, -0.05) is 18.6 Å². The van der Waals surface area contributed by atoms with Gasteiger partial charge in [-0.25, -0.2) is 4.79 Å². The van der Waals surface area contributed by atoms with E-state index in [9.17, 15) is 14.7 Å². The van der Waals surface area contributed by atoms with Gasteiger partial charge in [-0.3, -0.25) is 4.79 Å². The van der Waals surface area contributed by atoms with E-state index in [0.717, 1.165) is 19.3 Å². The van der Waals surface area contributed by atoms with Gasteiger partial charge in [0, 0.05) is 0 Å². The number of hydrogen-bond donors (Lipinski definition) is 2. The van der Waals surface area contributed by atoms with Gasteiger partial charge in [0.1, 0.15) is 11.3 Å². The lowest BCUT2D eigenvalue weighted by atomic mass is 9.84. The zero-order valence-corrected chi connectivity index (χ0v) is 10.6. The smallest absolute Gasteiger partial charge is 0.342 e. The monoisotopic (exact) mass is 263 g/mol. The average molecular weight is 263 g/mol.